The van der Waals surface area contributed by atoms with E-state index in [0.29, 0.717) is 0 Å². The molecule has 0 amide bonds. The summed E-state index contributed by atoms with van der Waals surface area (Å²) in [6, 6.07) is 18.4. The van der Waals surface area contributed by atoms with Crippen molar-refractivity contribution in [3.8, 4) is 11.1 Å². The minimum absolute atomic E-state index is 0.0942. The molecule has 2 aromatic carbocycles. The average Bonchev–Trinajstić information content (AvgIpc) is 2.30. The van der Waals surface area contributed by atoms with Gasteiger partial charge in [-0.05, 0) is 29.3 Å². The predicted molar refractivity (Wildman–Crippen MR) is 61.7 cm³/mol. The molecule has 0 spiro atoms. The smallest absolute Gasteiger partial charge is 0.122 e. The molecule has 2 rings (SSSR count). The van der Waals surface area contributed by atoms with E-state index in [-0.39, 0.29) is 5.84 Å². The number of amidine groups is 1. The van der Waals surface area contributed by atoms with Gasteiger partial charge in [-0.2, -0.15) is 0 Å². The topological polar surface area (TPSA) is 49.9 Å². The van der Waals surface area contributed by atoms with E-state index >= 15 is 0 Å². The third-order valence-corrected chi connectivity index (χ3v) is 2.21. The van der Waals surface area contributed by atoms with E-state index < -0.39 is 0 Å². The van der Waals surface area contributed by atoms with Gasteiger partial charge in [0.05, 0.1) is 0 Å². The van der Waals surface area contributed by atoms with Gasteiger partial charge in [0, 0.05) is 5.56 Å². The molecule has 0 aliphatic carbocycles. The van der Waals surface area contributed by atoms with Crippen LogP contribution >= 0.6 is 0 Å². The van der Waals surface area contributed by atoms with Crippen molar-refractivity contribution < 1.29 is 0 Å². The number of nitrogens with one attached hydrogen (secondary N) is 1. The monoisotopic (exact) mass is 195 g/mol. The first-order valence-corrected chi connectivity index (χ1v) is 4.68. The lowest BCUT2D eigenvalue weighted by Crippen LogP contribution is -2.10. The summed E-state index contributed by atoms with van der Waals surface area (Å²) in [5.74, 6) is 0.0942. The molecule has 73 valence electrons. The lowest BCUT2D eigenvalue weighted by Gasteiger charge is -2.03. The van der Waals surface area contributed by atoms with Crippen molar-refractivity contribution in [3.05, 3.63) is 60.2 Å². The molecule has 0 heterocycles. The zero-order valence-electron chi connectivity index (χ0n) is 8.20. The SMILES string of the molecule is N=C(N)c1cccc(-c2c[c]ccc2)c1. The van der Waals surface area contributed by atoms with E-state index in [2.05, 4.69) is 6.07 Å². The first-order chi connectivity index (χ1) is 7.27. The molecule has 0 unspecified atom stereocenters. The van der Waals surface area contributed by atoms with Crippen molar-refractivity contribution in [2.45, 2.75) is 0 Å². The molecular weight excluding hydrogens is 184 g/mol. The fraction of sp³-hybridized carbons (Fsp3) is 0. The van der Waals surface area contributed by atoms with E-state index in [9.17, 15) is 0 Å². The summed E-state index contributed by atoms with van der Waals surface area (Å²) in [6.45, 7) is 0. The lowest BCUT2D eigenvalue weighted by atomic mass is 10.0. The fourth-order valence-corrected chi connectivity index (χ4v) is 1.44. The second kappa shape index (κ2) is 3.96. The van der Waals surface area contributed by atoms with Gasteiger partial charge in [0.2, 0.25) is 0 Å². The van der Waals surface area contributed by atoms with Crippen LogP contribution in [-0.2, 0) is 0 Å². The Kier molecular flexibility index (Phi) is 2.50. The van der Waals surface area contributed by atoms with Gasteiger partial charge < -0.3 is 5.73 Å². The van der Waals surface area contributed by atoms with Crippen molar-refractivity contribution in [2.75, 3.05) is 0 Å². The van der Waals surface area contributed by atoms with E-state index in [0.717, 1.165) is 16.7 Å². The Morgan fingerprint density at radius 3 is 2.60 bits per heavy atom. The summed E-state index contributed by atoms with van der Waals surface area (Å²) < 4.78 is 0. The highest BCUT2D eigenvalue weighted by molar-refractivity contribution is 5.96. The molecule has 0 aliphatic rings. The van der Waals surface area contributed by atoms with Crippen LogP contribution in [0.5, 0.6) is 0 Å². The van der Waals surface area contributed by atoms with Crippen molar-refractivity contribution >= 4 is 5.84 Å². The summed E-state index contributed by atoms with van der Waals surface area (Å²) in [4.78, 5) is 0. The number of benzene rings is 2. The van der Waals surface area contributed by atoms with Crippen LogP contribution < -0.4 is 5.73 Å². The van der Waals surface area contributed by atoms with Crippen molar-refractivity contribution in [2.24, 2.45) is 5.73 Å². The predicted octanol–water partition coefficient (Wildman–Crippen LogP) is 2.44. The second-order valence-corrected chi connectivity index (χ2v) is 3.29. The Labute approximate surface area is 88.9 Å². The van der Waals surface area contributed by atoms with E-state index in [1.54, 1.807) is 0 Å². The van der Waals surface area contributed by atoms with Gasteiger partial charge >= 0.3 is 0 Å². The van der Waals surface area contributed by atoms with Crippen molar-refractivity contribution in [1.29, 1.82) is 5.41 Å². The van der Waals surface area contributed by atoms with Crippen molar-refractivity contribution in [3.63, 3.8) is 0 Å². The highest BCUT2D eigenvalue weighted by Crippen LogP contribution is 2.19. The molecule has 0 atom stereocenters. The minimum atomic E-state index is 0.0942. The van der Waals surface area contributed by atoms with E-state index in [1.807, 2.05) is 48.5 Å². The number of hydrogen-bond donors (Lipinski definition) is 2. The molecule has 2 heteroatoms. The Bertz CT molecular complexity index is 475. The molecule has 2 nitrogen and oxygen atoms in total. The fourth-order valence-electron chi connectivity index (χ4n) is 1.44. The van der Waals surface area contributed by atoms with Gasteiger partial charge in [-0.15, -0.1) is 0 Å². The Hall–Kier alpha value is -2.09. The van der Waals surface area contributed by atoms with Gasteiger partial charge in [-0.3, -0.25) is 5.41 Å². The van der Waals surface area contributed by atoms with Crippen LogP contribution in [0.1, 0.15) is 5.56 Å². The number of rotatable bonds is 2. The van der Waals surface area contributed by atoms with Crippen LogP contribution in [0.15, 0.2) is 48.5 Å². The summed E-state index contributed by atoms with van der Waals surface area (Å²) in [6.07, 6.45) is 0. The summed E-state index contributed by atoms with van der Waals surface area (Å²) in [5.41, 5.74) is 8.32. The Morgan fingerprint density at radius 2 is 1.93 bits per heavy atom. The van der Waals surface area contributed by atoms with Crippen LogP contribution in [0.4, 0.5) is 0 Å². The molecule has 0 fully saturated rings. The third kappa shape index (κ3) is 2.05. The zero-order valence-corrected chi connectivity index (χ0v) is 8.20. The second-order valence-electron chi connectivity index (χ2n) is 3.29. The quantitative estimate of drug-likeness (QED) is 0.561. The molecule has 0 saturated heterocycles. The van der Waals surface area contributed by atoms with Gasteiger partial charge in [-0.1, -0.05) is 36.4 Å². The Morgan fingerprint density at radius 1 is 1.13 bits per heavy atom. The maximum Gasteiger partial charge on any atom is 0.122 e. The average molecular weight is 195 g/mol. The molecule has 15 heavy (non-hydrogen) atoms. The van der Waals surface area contributed by atoms with Crippen LogP contribution in [-0.4, -0.2) is 5.84 Å². The molecular formula is C13H11N2. The summed E-state index contributed by atoms with van der Waals surface area (Å²) in [7, 11) is 0. The molecule has 0 saturated carbocycles. The molecule has 0 aliphatic heterocycles. The van der Waals surface area contributed by atoms with E-state index in [4.69, 9.17) is 11.1 Å². The van der Waals surface area contributed by atoms with Gasteiger partial charge in [0.15, 0.2) is 0 Å². The van der Waals surface area contributed by atoms with Crippen LogP contribution in [0, 0.1) is 11.5 Å². The first kappa shape index (κ1) is 9.46. The largest absolute Gasteiger partial charge is 0.384 e. The van der Waals surface area contributed by atoms with Gasteiger partial charge in [0.25, 0.3) is 0 Å². The molecule has 0 aromatic heterocycles. The highest BCUT2D eigenvalue weighted by atomic mass is 14.7. The number of nitrogens with two attached hydrogens (primary N) is 1. The minimum Gasteiger partial charge on any atom is -0.384 e. The number of hydrogen-bond acceptors (Lipinski definition) is 1. The molecule has 0 bridgehead atoms. The normalized spacial score (nSPS) is 9.87. The first-order valence-electron chi connectivity index (χ1n) is 4.68. The summed E-state index contributed by atoms with van der Waals surface area (Å²) >= 11 is 0. The van der Waals surface area contributed by atoms with Crippen LogP contribution in [0.25, 0.3) is 11.1 Å². The lowest BCUT2D eigenvalue weighted by molar-refractivity contribution is 1.42. The zero-order chi connectivity index (χ0) is 10.7. The van der Waals surface area contributed by atoms with Gasteiger partial charge in [-0.25, -0.2) is 0 Å². The van der Waals surface area contributed by atoms with Crippen molar-refractivity contribution in [1.82, 2.24) is 0 Å². The molecule has 1 radical (unpaired) electrons. The highest BCUT2D eigenvalue weighted by Gasteiger charge is 1.99. The van der Waals surface area contributed by atoms with Crippen LogP contribution in [0.2, 0.25) is 0 Å². The standard InChI is InChI=1S/C13H11N2/c14-13(15)12-8-4-7-11(9-12)10-5-2-1-3-6-10/h1-2,4-9H,(H3,14,15). The van der Waals surface area contributed by atoms with Gasteiger partial charge in [0.1, 0.15) is 5.84 Å². The number of nitrogen functional groups attached to an aromatic ring is 1. The molecule has 3 N–H and O–H groups in total. The maximum absolute atomic E-state index is 7.36. The maximum atomic E-state index is 7.36. The Balaban J connectivity index is 2.46. The summed E-state index contributed by atoms with van der Waals surface area (Å²) in [5, 5.41) is 7.36. The molecule has 2 aromatic rings. The van der Waals surface area contributed by atoms with E-state index in [1.165, 1.54) is 0 Å². The van der Waals surface area contributed by atoms with Crippen LogP contribution in [0.3, 0.4) is 0 Å². The third-order valence-electron chi connectivity index (χ3n) is 2.21.